The van der Waals surface area contributed by atoms with Gasteiger partial charge in [0.15, 0.2) is 11.6 Å². The fourth-order valence-corrected chi connectivity index (χ4v) is 2.52. The molecule has 1 heterocycles. The Morgan fingerprint density at radius 3 is 2.32 bits per heavy atom. The van der Waals surface area contributed by atoms with E-state index in [1.54, 1.807) is 0 Å². The number of nitrogens with two attached hydrogens (primary N) is 1. The van der Waals surface area contributed by atoms with Crippen LogP contribution >= 0.6 is 0 Å². The number of benzene rings is 1. The van der Waals surface area contributed by atoms with E-state index in [2.05, 4.69) is 0 Å². The van der Waals surface area contributed by atoms with Gasteiger partial charge in [-0.3, -0.25) is 4.79 Å². The first kappa shape index (κ1) is 13.9. The van der Waals surface area contributed by atoms with Gasteiger partial charge in [0.2, 0.25) is 10.0 Å². The molecule has 2 rings (SSSR count). The third-order valence-electron chi connectivity index (χ3n) is 2.95. The molecule has 8 heteroatoms. The fraction of sp³-hybridized carbons (Fsp3) is 0.364. The third kappa shape index (κ3) is 2.74. The fourth-order valence-electron chi connectivity index (χ4n) is 1.97. The summed E-state index contributed by atoms with van der Waals surface area (Å²) in [5.74, 6) is -3.49. The van der Waals surface area contributed by atoms with Gasteiger partial charge in [0.05, 0.1) is 10.5 Å². The standard InChI is InChI=1S/C11H12F2N2O3S/c12-9-6-7(19(14,17)18)5-8(10(9)13)11(16)15-3-1-2-4-15/h5-6H,1-4H2,(H2,14,17,18). The van der Waals surface area contributed by atoms with Crippen molar-refractivity contribution in [3.63, 3.8) is 0 Å². The van der Waals surface area contributed by atoms with Crippen LogP contribution in [0.15, 0.2) is 17.0 Å². The zero-order valence-electron chi connectivity index (χ0n) is 9.90. The van der Waals surface area contributed by atoms with E-state index in [1.165, 1.54) is 4.90 Å². The van der Waals surface area contributed by atoms with Gasteiger partial charge >= 0.3 is 0 Å². The van der Waals surface area contributed by atoms with Gasteiger partial charge in [-0.05, 0) is 25.0 Å². The Hall–Kier alpha value is -1.54. The van der Waals surface area contributed by atoms with Gasteiger partial charge in [-0.15, -0.1) is 0 Å². The number of carbonyl (C=O) groups is 1. The van der Waals surface area contributed by atoms with Crippen LogP contribution in [0.5, 0.6) is 0 Å². The van der Waals surface area contributed by atoms with Crippen LogP contribution < -0.4 is 5.14 Å². The van der Waals surface area contributed by atoms with Crippen molar-refractivity contribution < 1.29 is 22.0 Å². The van der Waals surface area contributed by atoms with Crippen LogP contribution in [0.25, 0.3) is 0 Å². The highest BCUT2D eigenvalue weighted by Gasteiger charge is 2.26. The summed E-state index contributed by atoms with van der Waals surface area (Å²) in [6.07, 6.45) is 1.56. The van der Waals surface area contributed by atoms with Crippen molar-refractivity contribution in [2.75, 3.05) is 13.1 Å². The average Bonchev–Trinajstić information content (AvgIpc) is 2.83. The van der Waals surface area contributed by atoms with E-state index >= 15 is 0 Å². The van der Waals surface area contributed by atoms with Crippen molar-refractivity contribution in [3.8, 4) is 0 Å². The van der Waals surface area contributed by atoms with Gasteiger partial charge in [0.25, 0.3) is 5.91 Å². The van der Waals surface area contributed by atoms with E-state index in [1.807, 2.05) is 0 Å². The van der Waals surface area contributed by atoms with Crippen LogP contribution in [-0.2, 0) is 10.0 Å². The van der Waals surface area contributed by atoms with Crippen molar-refractivity contribution in [3.05, 3.63) is 29.3 Å². The van der Waals surface area contributed by atoms with E-state index in [9.17, 15) is 22.0 Å². The topological polar surface area (TPSA) is 80.5 Å². The number of primary sulfonamides is 1. The number of rotatable bonds is 2. The Bertz CT molecular complexity index is 625. The van der Waals surface area contributed by atoms with Crippen molar-refractivity contribution in [1.82, 2.24) is 4.90 Å². The second kappa shape index (κ2) is 4.86. The number of amides is 1. The minimum Gasteiger partial charge on any atom is -0.339 e. The second-order valence-electron chi connectivity index (χ2n) is 4.31. The van der Waals surface area contributed by atoms with Crippen molar-refractivity contribution in [2.45, 2.75) is 17.7 Å². The molecule has 0 spiro atoms. The van der Waals surface area contributed by atoms with Gasteiger partial charge < -0.3 is 4.90 Å². The monoisotopic (exact) mass is 290 g/mol. The largest absolute Gasteiger partial charge is 0.339 e. The number of carbonyl (C=O) groups excluding carboxylic acids is 1. The number of hydrogen-bond acceptors (Lipinski definition) is 3. The van der Waals surface area contributed by atoms with E-state index < -0.39 is 38.0 Å². The summed E-state index contributed by atoms with van der Waals surface area (Å²) in [5.41, 5.74) is -0.606. The molecule has 1 aromatic carbocycles. The van der Waals surface area contributed by atoms with E-state index in [0.29, 0.717) is 19.2 Å². The molecular formula is C11H12F2N2O3S. The molecule has 19 heavy (non-hydrogen) atoms. The van der Waals surface area contributed by atoms with Crippen LogP contribution in [0, 0.1) is 11.6 Å². The highest BCUT2D eigenvalue weighted by Crippen LogP contribution is 2.21. The molecule has 5 nitrogen and oxygen atoms in total. The lowest BCUT2D eigenvalue weighted by Crippen LogP contribution is -2.29. The molecule has 104 valence electrons. The summed E-state index contributed by atoms with van der Waals surface area (Å²) in [6.45, 7) is 0.888. The molecular weight excluding hydrogens is 278 g/mol. The van der Waals surface area contributed by atoms with E-state index in [-0.39, 0.29) is 0 Å². The zero-order chi connectivity index (χ0) is 14.2. The number of sulfonamides is 1. The Morgan fingerprint density at radius 1 is 1.21 bits per heavy atom. The molecule has 0 bridgehead atoms. The van der Waals surface area contributed by atoms with Crippen molar-refractivity contribution in [1.29, 1.82) is 0 Å². The van der Waals surface area contributed by atoms with Gasteiger partial charge in [0, 0.05) is 13.1 Å². The molecule has 1 aliphatic heterocycles. The Labute approximate surface area is 109 Å². The SMILES string of the molecule is NS(=O)(=O)c1cc(F)c(F)c(C(=O)N2CCCC2)c1. The normalized spacial score (nSPS) is 15.8. The maximum atomic E-state index is 13.6. The molecule has 1 saturated heterocycles. The summed E-state index contributed by atoms with van der Waals surface area (Å²) >= 11 is 0. The smallest absolute Gasteiger partial charge is 0.256 e. The maximum absolute atomic E-state index is 13.6. The molecule has 0 saturated carbocycles. The minimum atomic E-state index is -4.20. The highest BCUT2D eigenvalue weighted by atomic mass is 32.2. The Morgan fingerprint density at radius 2 is 1.79 bits per heavy atom. The van der Waals surface area contributed by atoms with Crippen molar-refractivity contribution >= 4 is 15.9 Å². The molecule has 0 aromatic heterocycles. The highest BCUT2D eigenvalue weighted by molar-refractivity contribution is 7.89. The second-order valence-corrected chi connectivity index (χ2v) is 5.87. The molecule has 1 fully saturated rings. The first-order chi connectivity index (χ1) is 8.80. The maximum Gasteiger partial charge on any atom is 0.256 e. The number of hydrogen-bond donors (Lipinski definition) is 1. The number of nitrogens with zero attached hydrogens (tertiary/aromatic N) is 1. The molecule has 2 N–H and O–H groups in total. The molecule has 0 atom stereocenters. The summed E-state index contributed by atoms with van der Waals surface area (Å²) in [7, 11) is -4.20. The minimum absolute atomic E-state index is 0.444. The van der Waals surface area contributed by atoms with Gasteiger partial charge in [-0.2, -0.15) is 0 Å². The summed E-state index contributed by atoms with van der Waals surface area (Å²) in [4.78, 5) is 12.7. The van der Waals surface area contributed by atoms with E-state index in [4.69, 9.17) is 5.14 Å². The lowest BCUT2D eigenvalue weighted by Gasteiger charge is -2.16. The third-order valence-corrected chi connectivity index (χ3v) is 3.85. The molecule has 1 amide bonds. The average molecular weight is 290 g/mol. The molecule has 0 unspecified atom stereocenters. The Balaban J connectivity index is 2.50. The van der Waals surface area contributed by atoms with Crippen molar-refractivity contribution in [2.24, 2.45) is 5.14 Å². The summed E-state index contributed by atoms with van der Waals surface area (Å²) in [5, 5.41) is 4.86. The summed E-state index contributed by atoms with van der Waals surface area (Å²) in [6, 6.07) is 1.24. The molecule has 0 aliphatic carbocycles. The molecule has 1 aromatic rings. The number of likely N-dealkylation sites (tertiary alicyclic amines) is 1. The van der Waals surface area contributed by atoms with Gasteiger partial charge in [-0.25, -0.2) is 22.3 Å². The Kier molecular flexibility index (Phi) is 3.55. The first-order valence-electron chi connectivity index (χ1n) is 5.62. The predicted molar refractivity (Wildman–Crippen MR) is 62.9 cm³/mol. The van der Waals surface area contributed by atoms with Gasteiger partial charge in [0.1, 0.15) is 0 Å². The van der Waals surface area contributed by atoms with Crippen LogP contribution in [0.2, 0.25) is 0 Å². The lowest BCUT2D eigenvalue weighted by molar-refractivity contribution is 0.0786. The van der Waals surface area contributed by atoms with Crippen LogP contribution in [0.1, 0.15) is 23.2 Å². The first-order valence-corrected chi connectivity index (χ1v) is 7.16. The lowest BCUT2D eigenvalue weighted by atomic mass is 10.2. The van der Waals surface area contributed by atoms with Gasteiger partial charge in [-0.1, -0.05) is 0 Å². The molecule has 0 radical (unpaired) electrons. The zero-order valence-corrected chi connectivity index (χ0v) is 10.7. The number of halogens is 2. The summed E-state index contributed by atoms with van der Waals surface area (Å²) < 4.78 is 49.3. The molecule has 1 aliphatic rings. The van der Waals surface area contributed by atoms with Crippen LogP contribution in [-0.4, -0.2) is 32.3 Å². The van der Waals surface area contributed by atoms with Crippen LogP contribution in [0.4, 0.5) is 8.78 Å². The van der Waals surface area contributed by atoms with Crippen LogP contribution in [0.3, 0.4) is 0 Å². The quantitative estimate of drug-likeness (QED) is 0.876. The van der Waals surface area contributed by atoms with E-state index in [0.717, 1.165) is 18.9 Å². The predicted octanol–water partition coefficient (Wildman–Crippen LogP) is 0.848.